The lowest BCUT2D eigenvalue weighted by Crippen LogP contribution is -2.28. The number of hydrogen-bond donors (Lipinski definition) is 1. The van der Waals surface area contributed by atoms with Crippen molar-refractivity contribution in [1.29, 1.82) is 0 Å². The van der Waals surface area contributed by atoms with Crippen LogP contribution in [-0.2, 0) is 11.3 Å². The average molecular weight is 369 g/mol. The highest BCUT2D eigenvalue weighted by Gasteiger charge is 2.06. The Bertz CT molecular complexity index is 646. The number of carbonyl (C=O) groups excluding carboxylic acids is 1. The third kappa shape index (κ3) is 5.06. The molecule has 0 atom stereocenters. The second-order valence-corrected chi connectivity index (χ2v) is 5.95. The van der Waals surface area contributed by atoms with Gasteiger partial charge in [-0.25, -0.2) is 0 Å². The number of carbonyl (C=O) groups is 1. The number of amides is 1. The van der Waals surface area contributed by atoms with Crippen molar-refractivity contribution in [2.24, 2.45) is 0 Å². The summed E-state index contributed by atoms with van der Waals surface area (Å²) >= 11 is 9.33. The Balaban J connectivity index is 1.82. The molecule has 0 saturated heterocycles. The lowest BCUT2D eigenvalue weighted by molar-refractivity contribution is -0.123. The number of rotatable bonds is 5. The molecule has 0 aliphatic rings. The van der Waals surface area contributed by atoms with E-state index in [0.29, 0.717) is 17.3 Å². The molecule has 0 unspecified atom stereocenters. The summed E-state index contributed by atoms with van der Waals surface area (Å²) in [5.41, 5.74) is 2.23. The predicted octanol–water partition coefficient (Wildman–Crippen LogP) is 4.11. The summed E-state index contributed by atoms with van der Waals surface area (Å²) in [6.07, 6.45) is 0. The van der Waals surface area contributed by atoms with E-state index >= 15 is 0 Å². The largest absolute Gasteiger partial charge is 0.482 e. The van der Waals surface area contributed by atoms with E-state index in [9.17, 15) is 4.79 Å². The number of benzene rings is 2. The maximum atomic E-state index is 11.8. The van der Waals surface area contributed by atoms with Crippen molar-refractivity contribution in [2.75, 3.05) is 6.61 Å². The number of hydrogen-bond acceptors (Lipinski definition) is 2. The first-order valence-electron chi connectivity index (χ1n) is 6.44. The van der Waals surface area contributed by atoms with E-state index in [1.165, 1.54) is 5.56 Å². The van der Waals surface area contributed by atoms with Crippen LogP contribution in [0, 0.1) is 6.92 Å². The molecule has 110 valence electrons. The molecular formula is C16H15BrClNO2. The molecule has 2 aromatic rings. The van der Waals surface area contributed by atoms with Gasteiger partial charge in [-0.05, 0) is 30.7 Å². The topological polar surface area (TPSA) is 38.3 Å². The van der Waals surface area contributed by atoms with E-state index in [2.05, 4.69) is 21.2 Å². The normalized spacial score (nSPS) is 10.2. The fraction of sp³-hybridized carbons (Fsp3) is 0.188. The van der Waals surface area contributed by atoms with Crippen molar-refractivity contribution < 1.29 is 9.53 Å². The van der Waals surface area contributed by atoms with Gasteiger partial charge in [0.15, 0.2) is 6.61 Å². The summed E-state index contributed by atoms with van der Waals surface area (Å²) < 4.78 is 6.27. The SMILES string of the molecule is Cc1cccc(CNC(=O)COc2ccc(Br)cc2Cl)c1. The van der Waals surface area contributed by atoms with Gasteiger partial charge in [-0.2, -0.15) is 0 Å². The van der Waals surface area contributed by atoms with Gasteiger partial charge in [0.2, 0.25) is 0 Å². The van der Waals surface area contributed by atoms with Crippen molar-refractivity contribution in [1.82, 2.24) is 5.32 Å². The van der Waals surface area contributed by atoms with Gasteiger partial charge in [-0.3, -0.25) is 4.79 Å². The van der Waals surface area contributed by atoms with Crippen molar-refractivity contribution in [3.05, 3.63) is 63.1 Å². The smallest absolute Gasteiger partial charge is 0.258 e. The first kappa shape index (κ1) is 15.9. The van der Waals surface area contributed by atoms with Gasteiger partial charge in [0.1, 0.15) is 5.75 Å². The van der Waals surface area contributed by atoms with Crippen LogP contribution in [-0.4, -0.2) is 12.5 Å². The summed E-state index contributed by atoms with van der Waals surface area (Å²) in [4.78, 5) is 11.8. The predicted molar refractivity (Wildman–Crippen MR) is 87.7 cm³/mol. The highest BCUT2D eigenvalue weighted by molar-refractivity contribution is 9.10. The Morgan fingerprint density at radius 1 is 1.29 bits per heavy atom. The van der Waals surface area contributed by atoms with Crippen molar-refractivity contribution in [3.8, 4) is 5.75 Å². The third-order valence-corrected chi connectivity index (χ3v) is 3.61. The van der Waals surface area contributed by atoms with Gasteiger partial charge in [0, 0.05) is 11.0 Å². The Morgan fingerprint density at radius 3 is 2.81 bits per heavy atom. The highest BCUT2D eigenvalue weighted by atomic mass is 79.9. The van der Waals surface area contributed by atoms with Gasteiger partial charge in [0.05, 0.1) is 5.02 Å². The number of ether oxygens (including phenoxy) is 1. The van der Waals surface area contributed by atoms with E-state index in [-0.39, 0.29) is 12.5 Å². The molecule has 0 spiro atoms. The molecule has 0 saturated carbocycles. The second kappa shape index (κ2) is 7.48. The summed E-state index contributed by atoms with van der Waals surface area (Å²) in [7, 11) is 0. The van der Waals surface area contributed by atoms with E-state index in [1.807, 2.05) is 37.3 Å². The molecule has 0 aliphatic carbocycles. The van der Waals surface area contributed by atoms with Gasteiger partial charge < -0.3 is 10.1 Å². The molecule has 0 bridgehead atoms. The van der Waals surface area contributed by atoms with Gasteiger partial charge in [0.25, 0.3) is 5.91 Å². The van der Waals surface area contributed by atoms with Crippen molar-refractivity contribution >= 4 is 33.4 Å². The molecule has 0 aliphatic heterocycles. The van der Waals surface area contributed by atoms with E-state index in [1.54, 1.807) is 12.1 Å². The van der Waals surface area contributed by atoms with Crippen LogP contribution in [0.4, 0.5) is 0 Å². The molecule has 21 heavy (non-hydrogen) atoms. The van der Waals surface area contributed by atoms with Gasteiger partial charge in [-0.15, -0.1) is 0 Å². The van der Waals surface area contributed by atoms with Gasteiger partial charge >= 0.3 is 0 Å². The Morgan fingerprint density at radius 2 is 2.10 bits per heavy atom. The first-order valence-corrected chi connectivity index (χ1v) is 7.62. The standard InChI is InChI=1S/C16H15BrClNO2/c1-11-3-2-4-12(7-11)9-19-16(20)10-21-15-6-5-13(17)8-14(15)18/h2-8H,9-10H2,1H3,(H,19,20). The van der Waals surface area contributed by atoms with Gasteiger partial charge in [-0.1, -0.05) is 57.4 Å². The summed E-state index contributed by atoms with van der Waals surface area (Å²) in [5, 5.41) is 3.28. The number of aryl methyl sites for hydroxylation is 1. The lowest BCUT2D eigenvalue weighted by atomic mass is 10.1. The molecule has 3 nitrogen and oxygen atoms in total. The van der Waals surface area contributed by atoms with Crippen LogP contribution in [0.3, 0.4) is 0 Å². The van der Waals surface area contributed by atoms with Crippen LogP contribution in [0.15, 0.2) is 46.9 Å². The minimum absolute atomic E-state index is 0.0623. The summed E-state index contributed by atoms with van der Waals surface area (Å²) in [5.74, 6) is 0.307. The zero-order chi connectivity index (χ0) is 15.2. The fourth-order valence-corrected chi connectivity index (χ4v) is 2.54. The monoisotopic (exact) mass is 367 g/mol. The first-order chi connectivity index (χ1) is 10.0. The Labute approximate surface area is 137 Å². The molecule has 0 fully saturated rings. The minimum atomic E-state index is -0.185. The van der Waals surface area contributed by atoms with Crippen LogP contribution in [0.5, 0.6) is 5.75 Å². The Hall–Kier alpha value is -1.52. The van der Waals surface area contributed by atoms with Crippen LogP contribution in [0.2, 0.25) is 5.02 Å². The quantitative estimate of drug-likeness (QED) is 0.862. The molecule has 2 rings (SSSR count). The zero-order valence-corrected chi connectivity index (χ0v) is 13.9. The van der Waals surface area contributed by atoms with Crippen LogP contribution >= 0.6 is 27.5 Å². The second-order valence-electron chi connectivity index (χ2n) is 4.63. The summed E-state index contributed by atoms with van der Waals surface area (Å²) in [6, 6.07) is 13.2. The fourth-order valence-electron chi connectivity index (χ4n) is 1.81. The number of nitrogens with one attached hydrogen (secondary N) is 1. The van der Waals surface area contributed by atoms with Crippen LogP contribution in [0.1, 0.15) is 11.1 Å². The maximum Gasteiger partial charge on any atom is 0.258 e. The van der Waals surface area contributed by atoms with Crippen LogP contribution in [0.25, 0.3) is 0 Å². The number of halogens is 2. The van der Waals surface area contributed by atoms with E-state index < -0.39 is 0 Å². The van der Waals surface area contributed by atoms with E-state index in [0.717, 1.165) is 10.0 Å². The lowest BCUT2D eigenvalue weighted by Gasteiger charge is -2.09. The molecule has 5 heteroatoms. The molecule has 0 radical (unpaired) electrons. The molecule has 1 N–H and O–H groups in total. The average Bonchev–Trinajstić information content (AvgIpc) is 2.44. The molecule has 0 aromatic heterocycles. The molecule has 1 amide bonds. The van der Waals surface area contributed by atoms with Crippen molar-refractivity contribution in [2.45, 2.75) is 13.5 Å². The minimum Gasteiger partial charge on any atom is -0.482 e. The zero-order valence-electron chi connectivity index (χ0n) is 11.5. The van der Waals surface area contributed by atoms with E-state index in [4.69, 9.17) is 16.3 Å². The maximum absolute atomic E-state index is 11.8. The van der Waals surface area contributed by atoms with Crippen LogP contribution < -0.4 is 10.1 Å². The molecular weight excluding hydrogens is 354 g/mol. The summed E-state index contributed by atoms with van der Waals surface area (Å²) in [6.45, 7) is 2.44. The molecule has 2 aromatic carbocycles. The van der Waals surface area contributed by atoms with Crippen molar-refractivity contribution in [3.63, 3.8) is 0 Å². The third-order valence-electron chi connectivity index (χ3n) is 2.82. The highest BCUT2D eigenvalue weighted by Crippen LogP contribution is 2.27. The molecule has 0 heterocycles. The Kier molecular flexibility index (Phi) is 5.65.